The second-order valence-electron chi connectivity index (χ2n) is 4.73. The Kier molecular flexibility index (Phi) is 4.93. The Morgan fingerprint density at radius 1 is 1.32 bits per heavy atom. The summed E-state index contributed by atoms with van der Waals surface area (Å²) in [5, 5.41) is 13.0. The molecule has 0 saturated carbocycles. The summed E-state index contributed by atoms with van der Waals surface area (Å²) < 4.78 is 0. The van der Waals surface area contributed by atoms with Crippen LogP contribution >= 0.6 is 0 Å². The molecule has 2 rings (SSSR count). The van der Waals surface area contributed by atoms with Gasteiger partial charge in [-0.2, -0.15) is 5.26 Å². The first-order valence-electron chi connectivity index (χ1n) is 6.67. The first kappa shape index (κ1) is 13.6. The van der Waals surface area contributed by atoms with Crippen molar-refractivity contribution in [3.63, 3.8) is 0 Å². The first-order chi connectivity index (χ1) is 9.35. The minimum Gasteiger partial charge on any atom is -0.398 e. The molecule has 0 N–H and O–H groups in total. The normalized spacial score (nSPS) is 16.9. The lowest BCUT2D eigenvalue weighted by molar-refractivity contribution is 0.213. The van der Waals surface area contributed by atoms with E-state index in [-0.39, 0.29) is 0 Å². The highest BCUT2D eigenvalue weighted by molar-refractivity contribution is 6.12. The highest BCUT2D eigenvalue weighted by Gasteiger charge is 2.14. The average molecular weight is 257 g/mol. The summed E-state index contributed by atoms with van der Waals surface area (Å²) in [5.41, 5.74) is 2.36. The van der Waals surface area contributed by atoms with Crippen molar-refractivity contribution in [1.82, 2.24) is 4.90 Å². The maximum Gasteiger partial charge on any atom is 0.187 e. The number of nitriles is 1. The van der Waals surface area contributed by atoms with Crippen LogP contribution in [0.1, 0.15) is 30.4 Å². The molecule has 100 valence electrons. The van der Waals surface area contributed by atoms with Crippen LogP contribution in [-0.4, -0.2) is 30.8 Å². The van der Waals surface area contributed by atoms with Crippen LogP contribution in [0.15, 0.2) is 29.4 Å². The van der Waals surface area contributed by atoms with Crippen molar-refractivity contribution in [1.29, 1.82) is 5.26 Å². The van der Waals surface area contributed by atoms with Gasteiger partial charge in [-0.1, -0.05) is 35.8 Å². The molecular weight excluding hydrogens is 238 g/mol. The van der Waals surface area contributed by atoms with E-state index in [2.05, 4.69) is 22.2 Å². The molecule has 0 atom stereocenters. The van der Waals surface area contributed by atoms with Gasteiger partial charge in [0, 0.05) is 12.1 Å². The number of rotatable bonds is 4. The van der Waals surface area contributed by atoms with E-state index < -0.39 is 0 Å². The summed E-state index contributed by atoms with van der Waals surface area (Å²) in [6.45, 7) is 3.15. The average Bonchev–Trinajstić information content (AvgIpc) is 2.47. The fourth-order valence-electron chi connectivity index (χ4n) is 2.47. The zero-order valence-corrected chi connectivity index (χ0v) is 11.3. The molecule has 19 heavy (non-hydrogen) atoms. The van der Waals surface area contributed by atoms with Crippen molar-refractivity contribution in [2.45, 2.75) is 25.8 Å². The molecule has 0 radical (unpaired) electrons. The zero-order valence-electron chi connectivity index (χ0n) is 11.3. The van der Waals surface area contributed by atoms with E-state index in [9.17, 15) is 0 Å². The van der Waals surface area contributed by atoms with Crippen LogP contribution in [0.5, 0.6) is 0 Å². The Balaban J connectivity index is 2.20. The molecule has 0 bridgehead atoms. The minimum absolute atomic E-state index is 0.343. The van der Waals surface area contributed by atoms with Gasteiger partial charge < -0.3 is 4.84 Å². The standard InChI is InChI=1S/C15H19N3O/c1-19-17-15(11-16)14-8-4-3-7-13(14)12-18-9-5-2-6-10-18/h3-4,7-8H,2,5-6,9-10,12H2,1H3/b17-15-. The van der Waals surface area contributed by atoms with Crippen LogP contribution in [0.2, 0.25) is 0 Å². The summed E-state index contributed by atoms with van der Waals surface area (Å²) in [5.74, 6) is 0. The van der Waals surface area contributed by atoms with Crippen molar-refractivity contribution in [3.8, 4) is 6.07 Å². The first-order valence-corrected chi connectivity index (χ1v) is 6.67. The van der Waals surface area contributed by atoms with E-state index in [1.165, 1.54) is 26.4 Å². The van der Waals surface area contributed by atoms with Gasteiger partial charge in [0.25, 0.3) is 0 Å². The molecule has 4 nitrogen and oxygen atoms in total. The third kappa shape index (κ3) is 3.55. The molecule has 0 unspecified atom stereocenters. The maximum absolute atomic E-state index is 9.17. The Labute approximate surface area is 114 Å². The quantitative estimate of drug-likeness (QED) is 0.615. The smallest absolute Gasteiger partial charge is 0.187 e. The van der Waals surface area contributed by atoms with Gasteiger partial charge in [-0.3, -0.25) is 4.90 Å². The SMILES string of the molecule is CO/N=C(/C#N)c1ccccc1CN1CCCCC1. The van der Waals surface area contributed by atoms with Gasteiger partial charge in [0.1, 0.15) is 13.2 Å². The highest BCUT2D eigenvalue weighted by Crippen LogP contribution is 2.16. The van der Waals surface area contributed by atoms with E-state index in [1.807, 2.05) is 18.2 Å². The van der Waals surface area contributed by atoms with Gasteiger partial charge >= 0.3 is 0 Å². The largest absolute Gasteiger partial charge is 0.398 e. The Bertz CT molecular complexity index is 484. The van der Waals surface area contributed by atoms with Crippen LogP contribution in [0.4, 0.5) is 0 Å². The van der Waals surface area contributed by atoms with Gasteiger partial charge in [-0.05, 0) is 31.5 Å². The number of oxime groups is 1. The number of likely N-dealkylation sites (tertiary alicyclic amines) is 1. The number of nitrogens with zero attached hydrogens (tertiary/aromatic N) is 3. The number of hydrogen-bond donors (Lipinski definition) is 0. The van der Waals surface area contributed by atoms with E-state index >= 15 is 0 Å². The number of hydrogen-bond acceptors (Lipinski definition) is 4. The molecular formula is C15H19N3O. The predicted molar refractivity (Wildman–Crippen MR) is 74.7 cm³/mol. The fourth-order valence-corrected chi connectivity index (χ4v) is 2.47. The molecule has 0 spiro atoms. The van der Waals surface area contributed by atoms with Crippen LogP contribution < -0.4 is 0 Å². The lowest BCUT2D eigenvalue weighted by Gasteiger charge is -2.27. The molecule has 1 aromatic rings. The second-order valence-corrected chi connectivity index (χ2v) is 4.73. The summed E-state index contributed by atoms with van der Waals surface area (Å²) in [7, 11) is 1.46. The summed E-state index contributed by atoms with van der Waals surface area (Å²) in [6.07, 6.45) is 3.85. The van der Waals surface area contributed by atoms with Crippen molar-refractivity contribution in [2.24, 2.45) is 5.16 Å². The van der Waals surface area contributed by atoms with Crippen molar-refractivity contribution >= 4 is 5.71 Å². The van der Waals surface area contributed by atoms with E-state index in [0.29, 0.717) is 5.71 Å². The lowest BCUT2D eigenvalue weighted by Crippen LogP contribution is -2.29. The van der Waals surface area contributed by atoms with Crippen LogP contribution in [0.3, 0.4) is 0 Å². The summed E-state index contributed by atoms with van der Waals surface area (Å²) in [4.78, 5) is 7.18. The van der Waals surface area contributed by atoms with Crippen LogP contribution in [0.25, 0.3) is 0 Å². The number of piperidine rings is 1. The highest BCUT2D eigenvalue weighted by atomic mass is 16.6. The van der Waals surface area contributed by atoms with Crippen molar-refractivity contribution in [3.05, 3.63) is 35.4 Å². The lowest BCUT2D eigenvalue weighted by atomic mass is 10.0. The molecule has 1 aliphatic rings. The Morgan fingerprint density at radius 2 is 2.05 bits per heavy atom. The Morgan fingerprint density at radius 3 is 2.74 bits per heavy atom. The monoisotopic (exact) mass is 257 g/mol. The van der Waals surface area contributed by atoms with Gasteiger partial charge in [-0.15, -0.1) is 0 Å². The molecule has 4 heteroatoms. The molecule has 1 saturated heterocycles. The fraction of sp³-hybridized carbons (Fsp3) is 0.467. The summed E-state index contributed by atoms with van der Waals surface area (Å²) in [6, 6.07) is 10.0. The van der Waals surface area contributed by atoms with Crippen LogP contribution in [-0.2, 0) is 11.4 Å². The van der Waals surface area contributed by atoms with Crippen LogP contribution in [0, 0.1) is 11.3 Å². The van der Waals surface area contributed by atoms with E-state index in [0.717, 1.165) is 30.8 Å². The van der Waals surface area contributed by atoms with Crippen molar-refractivity contribution < 1.29 is 4.84 Å². The Hall–Kier alpha value is -1.86. The maximum atomic E-state index is 9.17. The molecule has 1 aliphatic heterocycles. The topological polar surface area (TPSA) is 48.6 Å². The summed E-state index contributed by atoms with van der Waals surface area (Å²) >= 11 is 0. The third-order valence-corrected chi connectivity index (χ3v) is 3.40. The van der Waals surface area contributed by atoms with Gasteiger partial charge in [0.15, 0.2) is 5.71 Å². The third-order valence-electron chi connectivity index (χ3n) is 3.40. The molecule has 0 aliphatic carbocycles. The van der Waals surface area contributed by atoms with Gasteiger partial charge in [0.05, 0.1) is 0 Å². The molecule has 1 heterocycles. The van der Waals surface area contributed by atoms with E-state index in [4.69, 9.17) is 10.1 Å². The van der Waals surface area contributed by atoms with Gasteiger partial charge in [0.2, 0.25) is 0 Å². The minimum atomic E-state index is 0.343. The zero-order chi connectivity index (χ0) is 13.5. The molecule has 0 aromatic heterocycles. The number of benzene rings is 1. The predicted octanol–water partition coefficient (Wildman–Crippen LogP) is 2.55. The van der Waals surface area contributed by atoms with E-state index in [1.54, 1.807) is 0 Å². The molecule has 0 amide bonds. The molecule has 1 aromatic carbocycles. The van der Waals surface area contributed by atoms with Gasteiger partial charge in [-0.25, -0.2) is 0 Å². The van der Waals surface area contributed by atoms with Crippen molar-refractivity contribution in [2.75, 3.05) is 20.2 Å². The second kappa shape index (κ2) is 6.91. The molecule has 1 fully saturated rings.